The van der Waals surface area contributed by atoms with Gasteiger partial charge in [-0.1, -0.05) is 15.9 Å². The lowest BCUT2D eigenvalue weighted by atomic mass is 10.2. The first kappa shape index (κ1) is 16.1. The standard InChI is InChI=1S/C16H13BrN4O3/c17-13-3-7-15(8-4-13)23-9-10-24-16(22)12-1-5-14(6-2-12)21-11-18-19-20-21/h1-8,11H,9-10H2. The highest BCUT2D eigenvalue weighted by Gasteiger charge is 2.08. The second kappa shape index (κ2) is 7.69. The molecule has 0 N–H and O–H groups in total. The molecule has 7 nitrogen and oxygen atoms in total. The number of benzene rings is 2. The molecular weight excluding hydrogens is 376 g/mol. The van der Waals surface area contributed by atoms with E-state index in [2.05, 4.69) is 31.5 Å². The summed E-state index contributed by atoms with van der Waals surface area (Å²) in [5.41, 5.74) is 1.21. The molecule has 0 aliphatic rings. The molecule has 24 heavy (non-hydrogen) atoms. The van der Waals surface area contributed by atoms with E-state index < -0.39 is 5.97 Å². The Morgan fingerprint density at radius 2 is 1.79 bits per heavy atom. The molecule has 1 aromatic heterocycles. The van der Waals surface area contributed by atoms with Crippen LogP contribution in [0.25, 0.3) is 5.69 Å². The topological polar surface area (TPSA) is 79.1 Å². The normalized spacial score (nSPS) is 10.4. The molecule has 2 aromatic carbocycles. The molecule has 0 radical (unpaired) electrons. The summed E-state index contributed by atoms with van der Waals surface area (Å²) in [7, 11) is 0. The van der Waals surface area contributed by atoms with Gasteiger partial charge < -0.3 is 9.47 Å². The number of rotatable bonds is 6. The van der Waals surface area contributed by atoms with Crippen molar-refractivity contribution in [2.45, 2.75) is 0 Å². The maximum atomic E-state index is 12.0. The predicted molar refractivity (Wildman–Crippen MR) is 89.1 cm³/mol. The van der Waals surface area contributed by atoms with Crippen LogP contribution in [0.4, 0.5) is 0 Å². The van der Waals surface area contributed by atoms with Gasteiger partial charge in [0, 0.05) is 4.47 Å². The van der Waals surface area contributed by atoms with E-state index >= 15 is 0 Å². The zero-order valence-electron chi connectivity index (χ0n) is 12.5. The smallest absolute Gasteiger partial charge is 0.338 e. The quantitative estimate of drug-likeness (QED) is 0.477. The SMILES string of the molecule is O=C(OCCOc1ccc(Br)cc1)c1ccc(-n2cnnn2)cc1. The van der Waals surface area contributed by atoms with Gasteiger partial charge in [0.2, 0.25) is 0 Å². The fourth-order valence-corrected chi connectivity index (χ4v) is 2.20. The fourth-order valence-electron chi connectivity index (χ4n) is 1.94. The van der Waals surface area contributed by atoms with Crippen molar-refractivity contribution in [2.75, 3.05) is 13.2 Å². The first-order chi connectivity index (χ1) is 11.7. The first-order valence-corrected chi connectivity index (χ1v) is 7.90. The molecule has 0 saturated carbocycles. The molecule has 0 unspecified atom stereocenters. The molecule has 0 atom stereocenters. The Bertz CT molecular complexity index is 789. The van der Waals surface area contributed by atoms with E-state index in [9.17, 15) is 4.79 Å². The minimum atomic E-state index is -0.405. The Labute approximate surface area is 146 Å². The van der Waals surface area contributed by atoms with Crippen molar-refractivity contribution in [3.05, 3.63) is 64.9 Å². The summed E-state index contributed by atoms with van der Waals surface area (Å²) in [6.45, 7) is 0.458. The summed E-state index contributed by atoms with van der Waals surface area (Å²) in [6.07, 6.45) is 1.48. The van der Waals surface area contributed by atoms with Crippen molar-refractivity contribution in [3.63, 3.8) is 0 Å². The van der Waals surface area contributed by atoms with E-state index in [4.69, 9.17) is 9.47 Å². The van der Waals surface area contributed by atoms with E-state index in [1.54, 1.807) is 24.3 Å². The van der Waals surface area contributed by atoms with Crippen molar-refractivity contribution in [1.29, 1.82) is 0 Å². The molecule has 122 valence electrons. The maximum absolute atomic E-state index is 12.0. The van der Waals surface area contributed by atoms with Crippen LogP contribution in [0.3, 0.4) is 0 Å². The summed E-state index contributed by atoms with van der Waals surface area (Å²) in [5, 5.41) is 10.9. The Morgan fingerprint density at radius 3 is 2.46 bits per heavy atom. The molecule has 0 amide bonds. The van der Waals surface area contributed by atoms with Crippen LogP contribution in [0.15, 0.2) is 59.3 Å². The number of carbonyl (C=O) groups excluding carboxylic acids is 1. The van der Waals surface area contributed by atoms with E-state index in [1.807, 2.05) is 24.3 Å². The third kappa shape index (κ3) is 4.17. The largest absolute Gasteiger partial charge is 0.490 e. The van der Waals surface area contributed by atoms with Gasteiger partial charge in [0.25, 0.3) is 0 Å². The van der Waals surface area contributed by atoms with E-state index in [0.717, 1.165) is 15.9 Å². The van der Waals surface area contributed by atoms with Crippen molar-refractivity contribution >= 4 is 21.9 Å². The summed E-state index contributed by atoms with van der Waals surface area (Å²) in [4.78, 5) is 12.0. The highest BCUT2D eigenvalue weighted by molar-refractivity contribution is 9.10. The maximum Gasteiger partial charge on any atom is 0.338 e. The lowest BCUT2D eigenvalue weighted by Crippen LogP contribution is -2.12. The van der Waals surface area contributed by atoms with Crippen molar-refractivity contribution in [2.24, 2.45) is 0 Å². The third-order valence-corrected chi connectivity index (χ3v) is 3.64. The summed E-state index contributed by atoms with van der Waals surface area (Å²) in [5.74, 6) is 0.317. The van der Waals surface area contributed by atoms with Crippen LogP contribution in [0.2, 0.25) is 0 Å². The number of halogens is 1. The molecule has 0 aliphatic carbocycles. The zero-order valence-corrected chi connectivity index (χ0v) is 14.1. The second-order valence-corrected chi connectivity index (χ2v) is 5.66. The van der Waals surface area contributed by atoms with Gasteiger partial charge in [0.1, 0.15) is 25.3 Å². The number of carbonyl (C=O) groups is 1. The zero-order chi connectivity index (χ0) is 16.8. The van der Waals surface area contributed by atoms with Crippen molar-refractivity contribution in [1.82, 2.24) is 20.2 Å². The van der Waals surface area contributed by atoms with Crippen LogP contribution in [0, 0.1) is 0 Å². The molecule has 0 aliphatic heterocycles. The number of hydrogen-bond donors (Lipinski definition) is 0. The van der Waals surface area contributed by atoms with Crippen molar-refractivity contribution in [3.8, 4) is 11.4 Å². The molecule has 8 heteroatoms. The Morgan fingerprint density at radius 1 is 1.04 bits per heavy atom. The van der Waals surface area contributed by atoms with Crippen molar-refractivity contribution < 1.29 is 14.3 Å². The number of aromatic nitrogens is 4. The molecule has 0 spiro atoms. The number of tetrazole rings is 1. The summed E-state index contributed by atoms with van der Waals surface area (Å²) >= 11 is 3.35. The molecule has 3 aromatic rings. The van der Waals surface area contributed by atoms with Gasteiger partial charge in [-0.3, -0.25) is 0 Å². The van der Waals surface area contributed by atoms with E-state index in [1.165, 1.54) is 11.0 Å². The van der Waals surface area contributed by atoms with Crippen LogP contribution in [0.1, 0.15) is 10.4 Å². The van der Waals surface area contributed by atoms with Gasteiger partial charge in [-0.05, 0) is 59.0 Å². The lowest BCUT2D eigenvalue weighted by Gasteiger charge is -2.08. The average molecular weight is 389 g/mol. The van der Waals surface area contributed by atoms with Gasteiger partial charge in [0.05, 0.1) is 11.3 Å². The fraction of sp³-hybridized carbons (Fsp3) is 0.125. The highest BCUT2D eigenvalue weighted by Crippen LogP contribution is 2.16. The molecule has 0 saturated heterocycles. The monoisotopic (exact) mass is 388 g/mol. The van der Waals surface area contributed by atoms with Gasteiger partial charge >= 0.3 is 5.97 Å². The molecule has 0 fully saturated rings. The average Bonchev–Trinajstić information content (AvgIpc) is 3.15. The summed E-state index contributed by atoms with van der Waals surface area (Å²) < 4.78 is 13.2. The Hall–Kier alpha value is -2.74. The van der Waals surface area contributed by atoms with Crippen LogP contribution in [-0.4, -0.2) is 39.4 Å². The minimum absolute atomic E-state index is 0.170. The van der Waals surface area contributed by atoms with Crippen LogP contribution in [-0.2, 0) is 4.74 Å². The second-order valence-electron chi connectivity index (χ2n) is 4.74. The van der Waals surface area contributed by atoms with Crippen LogP contribution in [0.5, 0.6) is 5.75 Å². The number of hydrogen-bond acceptors (Lipinski definition) is 6. The number of nitrogens with zero attached hydrogens (tertiary/aromatic N) is 4. The molecule has 3 rings (SSSR count). The Balaban J connectivity index is 1.47. The van der Waals surface area contributed by atoms with Gasteiger partial charge in [0.15, 0.2) is 0 Å². The highest BCUT2D eigenvalue weighted by atomic mass is 79.9. The van der Waals surface area contributed by atoms with Crippen LogP contribution >= 0.6 is 15.9 Å². The molecule has 1 heterocycles. The minimum Gasteiger partial charge on any atom is -0.490 e. The van der Waals surface area contributed by atoms with Crippen LogP contribution < -0.4 is 4.74 Å². The third-order valence-electron chi connectivity index (χ3n) is 3.12. The Kier molecular flexibility index (Phi) is 5.17. The molecular formula is C16H13BrN4O3. The number of esters is 1. The van der Waals surface area contributed by atoms with Gasteiger partial charge in [-0.15, -0.1) is 5.10 Å². The predicted octanol–water partition coefficient (Wildman–Crippen LogP) is 2.66. The number of ether oxygens (including phenoxy) is 2. The van der Waals surface area contributed by atoms with E-state index in [-0.39, 0.29) is 13.2 Å². The molecule has 0 bridgehead atoms. The van der Waals surface area contributed by atoms with Gasteiger partial charge in [-0.25, -0.2) is 9.48 Å². The van der Waals surface area contributed by atoms with Gasteiger partial charge in [-0.2, -0.15) is 0 Å². The summed E-state index contributed by atoms with van der Waals surface area (Å²) in [6, 6.07) is 14.2. The first-order valence-electron chi connectivity index (χ1n) is 7.11. The lowest BCUT2D eigenvalue weighted by molar-refractivity contribution is 0.0450. The van der Waals surface area contributed by atoms with E-state index in [0.29, 0.717) is 5.56 Å².